The van der Waals surface area contributed by atoms with Crippen molar-refractivity contribution < 1.29 is 9.53 Å². The largest absolute Gasteiger partial charge is 0.463 e. The summed E-state index contributed by atoms with van der Waals surface area (Å²) in [5.74, 6) is 0.759. The van der Waals surface area contributed by atoms with Gasteiger partial charge in [-0.25, -0.2) is 14.5 Å². The van der Waals surface area contributed by atoms with E-state index in [1.165, 1.54) is 50.5 Å². The molecule has 4 rings (SSSR count). The molecule has 0 atom stereocenters. The van der Waals surface area contributed by atoms with Crippen molar-refractivity contribution in [3.8, 4) is 0 Å². The highest BCUT2D eigenvalue weighted by atomic mass is 16.5. The van der Waals surface area contributed by atoms with Crippen LogP contribution < -0.4 is 0 Å². The van der Waals surface area contributed by atoms with E-state index in [4.69, 9.17) is 9.72 Å². The quantitative estimate of drug-likeness (QED) is 0.535. The molecule has 2 aromatic heterocycles. The van der Waals surface area contributed by atoms with Gasteiger partial charge in [0.25, 0.3) is 0 Å². The third kappa shape index (κ3) is 3.64. The van der Waals surface area contributed by atoms with Gasteiger partial charge in [-0.05, 0) is 57.1 Å². The van der Waals surface area contributed by atoms with E-state index in [1.54, 1.807) is 6.08 Å². The minimum absolute atomic E-state index is 0.279. The van der Waals surface area contributed by atoms with Crippen LogP contribution >= 0.6 is 0 Å². The van der Waals surface area contributed by atoms with Crippen molar-refractivity contribution in [2.45, 2.75) is 77.2 Å². The predicted molar refractivity (Wildman–Crippen MR) is 107 cm³/mol. The number of fused-ring (bicyclic) bond motifs is 1. The third-order valence-corrected chi connectivity index (χ3v) is 5.84. The third-order valence-electron chi connectivity index (χ3n) is 5.84. The summed E-state index contributed by atoms with van der Waals surface area (Å²) in [6.07, 6.45) is 14.2. The van der Waals surface area contributed by atoms with Crippen molar-refractivity contribution in [1.82, 2.24) is 14.8 Å². The number of esters is 1. The number of carbonyl (C=O) groups is 1. The number of hydrogen-bond donors (Lipinski definition) is 0. The van der Waals surface area contributed by atoms with Gasteiger partial charge in [0.1, 0.15) is 0 Å². The van der Waals surface area contributed by atoms with Crippen molar-refractivity contribution in [1.29, 1.82) is 0 Å². The van der Waals surface area contributed by atoms with Crippen molar-refractivity contribution in [2.75, 3.05) is 6.61 Å². The van der Waals surface area contributed by atoms with Crippen LogP contribution in [-0.4, -0.2) is 27.3 Å². The van der Waals surface area contributed by atoms with Crippen LogP contribution in [0.15, 0.2) is 12.3 Å². The molecule has 0 bridgehead atoms. The average molecular weight is 367 g/mol. The number of rotatable bonds is 6. The van der Waals surface area contributed by atoms with Crippen molar-refractivity contribution >= 4 is 23.1 Å². The van der Waals surface area contributed by atoms with E-state index in [9.17, 15) is 4.79 Å². The van der Waals surface area contributed by atoms with Crippen molar-refractivity contribution in [3.63, 3.8) is 0 Å². The lowest BCUT2D eigenvalue weighted by Crippen LogP contribution is -2.11. The first kappa shape index (κ1) is 18.2. The summed E-state index contributed by atoms with van der Waals surface area (Å²) in [5.41, 5.74) is 4.68. The van der Waals surface area contributed by atoms with E-state index in [2.05, 4.69) is 12.0 Å². The molecule has 2 fully saturated rings. The molecule has 5 nitrogen and oxygen atoms in total. The molecule has 0 amide bonds. The second-order valence-corrected chi connectivity index (χ2v) is 7.72. The minimum atomic E-state index is -0.279. The normalized spacial score (nSPS) is 18.4. The fraction of sp³-hybridized carbons (Fsp3) is 0.591. The molecule has 0 aliphatic heterocycles. The molecular weight excluding hydrogens is 338 g/mol. The molecule has 0 radical (unpaired) electrons. The lowest BCUT2D eigenvalue weighted by atomic mass is 9.80. The molecule has 2 saturated carbocycles. The lowest BCUT2D eigenvalue weighted by Gasteiger charge is -2.25. The Labute approximate surface area is 160 Å². The molecule has 0 spiro atoms. The van der Waals surface area contributed by atoms with Crippen LogP contribution in [0.4, 0.5) is 0 Å². The summed E-state index contributed by atoms with van der Waals surface area (Å²) < 4.78 is 7.12. The molecule has 0 unspecified atom stereocenters. The predicted octanol–water partition coefficient (Wildman–Crippen LogP) is 4.95. The van der Waals surface area contributed by atoms with Crippen LogP contribution in [0.2, 0.25) is 0 Å². The molecule has 0 aromatic carbocycles. The fourth-order valence-electron chi connectivity index (χ4n) is 4.39. The molecule has 5 heteroatoms. The van der Waals surface area contributed by atoms with Crippen LogP contribution in [0.5, 0.6) is 0 Å². The molecule has 0 N–H and O–H groups in total. The van der Waals surface area contributed by atoms with E-state index < -0.39 is 0 Å². The Morgan fingerprint density at radius 2 is 1.96 bits per heavy atom. The smallest absolute Gasteiger partial charge is 0.330 e. The van der Waals surface area contributed by atoms with Gasteiger partial charge in [0.15, 0.2) is 5.65 Å². The Morgan fingerprint density at radius 1 is 1.19 bits per heavy atom. The summed E-state index contributed by atoms with van der Waals surface area (Å²) in [4.78, 5) is 17.0. The lowest BCUT2D eigenvalue weighted by molar-refractivity contribution is -0.137. The van der Waals surface area contributed by atoms with Gasteiger partial charge in [0.2, 0.25) is 0 Å². The van der Waals surface area contributed by atoms with Crippen LogP contribution in [0.3, 0.4) is 0 Å². The van der Waals surface area contributed by atoms with Crippen molar-refractivity contribution in [3.05, 3.63) is 29.1 Å². The van der Waals surface area contributed by atoms with Crippen LogP contribution in [0.25, 0.3) is 17.1 Å². The standard InChI is InChI=1S/C22H29N3O2/c1-3-25-22-18(14-23-25)20(15-8-6-5-7-9-15)17(12-13-19(26)27-4-2)21(24-22)16-10-11-16/h12-16H,3-11H2,1-2H3/b13-12+. The van der Waals surface area contributed by atoms with Gasteiger partial charge in [-0.2, -0.15) is 5.10 Å². The number of pyridine rings is 1. The molecule has 0 saturated heterocycles. The number of aryl methyl sites for hydroxylation is 1. The van der Waals surface area contributed by atoms with Gasteiger partial charge >= 0.3 is 5.97 Å². The highest BCUT2D eigenvalue weighted by molar-refractivity contribution is 5.90. The Kier molecular flexibility index (Phi) is 5.28. The topological polar surface area (TPSA) is 57.0 Å². The SMILES string of the molecule is CCOC(=O)/C=C/c1c(C2CC2)nc2c(cnn2CC)c1C1CCCCC1. The second-order valence-electron chi connectivity index (χ2n) is 7.72. The summed E-state index contributed by atoms with van der Waals surface area (Å²) in [5, 5.41) is 5.76. The Bertz CT molecular complexity index is 858. The Hall–Kier alpha value is -2.17. The summed E-state index contributed by atoms with van der Waals surface area (Å²) in [6, 6.07) is 0. The molecular formula is C22H29N3O2. The first-order valence-electron chi connectivity index (χ1n) is 10.5. The van der Waals surface area contributed by atoms with Gasteiger partial charge in [-0.1, -0.05) is 19.3 Å². The number of hydrogen-bond acceptors (Lipinski definition) is 4. The van der Waals surface area contributed by atoms with Crippen LogP contribution in [0, 0.1) is 0 Å². The highest BCUT2D eigenvalue weighted by Crippen LogP contribution is 2.46. The molecule has 2 aromatic rings. The molecule has 2 aliphatic carbocycles. The van der Waals surface area contributed by atoms with Crippen LogP contribution in [0.1, 0.15) is 87.4 Å². The second kappa shape index (κ2) is 7.83. The summed E-state index contributed by atoms with van der Waals surface area (Å²) in [7, 11) is 0. The molecule has 2 heterocycles. The number of carbonyl (C=O) groups excluding carboxylic acids is 1. The van der Waals surface area contributed by atoms with Gasteiger partial charge in [0.05, 0.1) is 18.5 Å². The summed E-state index contributed by atoms with van der Waals surface area (Å²) >= 11 is 0. The zero-order chi connectivity index (χ0) is 18.8. The van der Waals surface area contributed by atoms with E-state index in [0.29, 0.717) is 18.4 Å². The van der Waals surface area contributed by atoms with Gasteiger partial charge in [-0.3, -0.25) is 0 Å². The highest BCUT2D eigenvalue weighted by Gasteiger charge is 2.32. The van der Waals surface area contributed by atoms with Crippen molar-refractivity contribution in [2.24, 2.45) is 0 Å². The Morgan fingerprint density at radius 3 is 2.63 bits per heavy atom. The van der Waals surface area contributed by atoms with Gasteiger partial charge in [0, 0.05) is 29.5 Å². The maximum absolute atomic E-state index is 12.0. The van der Waals surface area contributed by atoms with E-state index in [0.717, 1.165) is 28.8 Å². The zero-order valence-electron chi connectivity index (χ0n) is 16.4. The van der Waals surface area contributed by atoms with Gasteiger partial charge < -0.3 is 4.74 Å². The average Bonchev–Trinajstić information content (AvgIpc) is 3.46. The maximum atomic E-state index is 12.0. The molecule has 144 valence electrons. The first-order valence-corrected chi connectivity index (χ1v) is 10.5. The fourth-order valence-corrected chi connectivity index (χ4v) is 4.39. The van der Waals surface area contributed by atoms with E-state index >= 15 is 0 Å². The van der Waals surface area contributed by atoms with Crippen LogP contribution in [-0.2, 0) is 16.1 Å². The minimum Gasteiger partial charge on any atom is -0.463 e. The number of aromatic nitrogens is 3. The number of nitrogens with zero attached hydrogens (tertiary/aromatic N) is 3. The zero-order valence-corrected chi connectivity index (χ0v) is 16.4. The first-order chi connectivity index (χ1) is 13.2. The van der Waals surface area contributed by atoms with Gasteiger partial charge in [-0.15, -0.1) is 0 Å². The Balaban J connectivity index is 1.88. The monoisotopic (exact) mass is 367 g/mol. The number of ether oxygens (including phenoxy) is 1. The molecule has 2 aliphatic rings. The van der Waals surface area contributed by atoms with E-state index in [1.807, 2.05) is 23.9 Å². The van der Waals surface area contributed by atoms with E-state index in [-0.39, 0.29) is 5.97 Å². The maximum Gasteiger partial charge on any atom is 0.330 e. The molecule has 27 heavy (non-hydrogen) atoms. The summed E-state index contributed by atoms with van der Waals surface area (Å²) in [6.45, 7) is 5.17.